The minimum atomic E-state index is -0.264. The molecule has 1 aliphatic heterocycles. The minimum Gasteiger partial charge on any atom is -0.352 e. The minimum absolute atomic E-state index is 0.112. The van der Waals surface area contributed by atoms with Crippen LogP contribution in [0.5, 0.6) is 0 Å². The second-order valence-corrected chi connectivity index (χ2v) is 11.9. The molecule has 1 saturated heterocycles. The van der Waals surface area contributed by atoms with Gasteiger partial charge in [0.25, 0.3) is 0 Å². The molecule has 0 spiro atoms. The van der Waals surface area contributed by atoms with Crippen LogP contribution in [-0.2, 0) is 10.2 Å². The standard InChI is InChI=1S/C25H38N2O.C3H8/c1-18-12-19-14-24(4,22(28)27-21-10-11-26-17-23(21,2)3)16-25(13-18,15-19)20-8-6-5-7-9-20;1-3-2/h5-9,18-19,21,26H,10-17H2,1-4H3,(H,27,28);3H2,1-2H3. The third-order valence-electron chi connectivity index (χ3n) is 8.00. The Kier molecular flexibility index (Phi) is 7.56. The topological polar surface area (TPSA) is 41.1 Å². The molecule has 1 aromatic carbocycles. The van der Waals surface area contributed by atoms with E-state index in [4.69, 9.17) is 0 Å². The molecular weight excluding hydrogens is 380 g/mol. The quantitative estimate of drug-likeness (QED) is 0.615. The lowest BCUT2D eigenvalue weighted by molar-refractivity contribution is -0.138. The van der Waals surface area contributed by atoms with Gasteiger partial charge in [0.2, 0.25) is 5.91 Å². The van der Waals surface area contributed by atoms with Crippen LogP contribution in [-0.4, -0.2) is 25.0 Å². The zero-order valence-electron chi connectivity index (χ0n) is 20.9. The second-order valence-electron chi connectivity index (χ2n) is 11.9. The normalized spacial score (nSPS) is 36.6. The molecule has 1 aromatic rings. The molecule has 2 N–H and O–H groups in total. The maximum atomic E-state index is 13.6. The molecular formula is C28H46N2O. The Morgan fingerprint density at radius 3 is 2.42 bits per heavy atom. The molecule has 2 aliphatic carbocycles. The highest BCUT2D eigenvalue weighted by Gasteiger charge is 2.53. The Hall–Kier alpha value is -1.35. The summed E-state index contributed by atoms with van der Waals surface area (Å²) in [6.45, 7) is 15.4. The van der Waals surface area contributed by atoms with Crippen molar-refractivity contribution < 1.29 is 4.79 Å². The number of hydrogen-bond donors (Lipinski definition) is 2. The highest BCUT2D eigenvalue weighted by atomic mass is 16.2. The number of fused-ring (bicyclic) bond motifs is 2. The average Bonchev–Trinajstić information content (AvgIpc) is 2.69. The van der Waals surface area contributed by atoms with Crippen LogP contribution in [0.4, 0.5) is 0 Å². The van der Waals surface area contributed by atoms with Gasteiger partial charge in [-0.25, -0.2) is 0 Å². The Labute approximate surface area is 191 Å². The van der Waals surface area contributed by atoms with Gasteiger partial charge in [0.1, 0.15) is 0 Å². The van der Waals surface area contributed by atoms with E-state index in [2.05, 4.69) is 82.5 Å². The van der Waals surface area contributed by atoms with E-state index < -0.39 is 0 Å². The molecule has 3 aliphatic rings. The Balaban J connectivity index is 0.000000858. The van der Waals surface area contributed by atoms with Gasteiger partial charge < -0.3 is 10.6 Å². The third kappa shape index (κ3) is 5.35. The van der Waals surface area contributed by atoms with Crippen LogP contribution < -0.4 is 10.6 Å². The van der Waals surface area contributed by atoms with E-state index in [0.29, 0.717) is 11.8 Å². The monoisotopic (exact) mass is 426 g/mol. The third-order valence-corrected chi connectivity index (χ3v) is 8.00. The fourth-order valence-corrected chi connectivity index (χ4v) is 6.87. The second kappa shape index (κ2) is 9.65. The van der Waals surface area contributed by atoms with Gasteiger partial charge in [-0.3, -0.25) is 4.79 Å². The molecule has 3 heteroatoms. The fourth-order valence-electron chi connectivity index (χ4n) is 6.87. The molecule has 5 unspecified atom stereocenters. The van der Waals surface area contributed by atoms with E-state index in [1.807, 2.05) is 0 Å². The van der Waals surface area contributed by atoms with Crippen molar-refractivity contribution in [3.8, 4) is 0 Å². The largest absolute Gasteiger partial charge is 0.352 e. The van der Waals surface area contributed by atoms with Crippen LogP contribution in [0, 0.1) is 22.7 Å². The molecule has 1 amide bonds. The first-order valence-corrected chi connectivity index (χ1v) is 12.7. The molecule has 31 heavy (non-hydrogen) atoms. The first-order valence-electron chi connectivity index (χ1n) is 12.7. The Morgan fingerprint density at radius 2 is 1.77 bits per heavy atom. The van der Waals surface area contributed by atoms with Crippen molar-refractivity contribution in [2.45, 2.75) is 97.9 Å². The van der Waals surface area contributed by atoms with Crippen molar-refractivity contribution in [1.29, 1.82) is 0 Å². The SMILES string of the molecule is CC1CC2CC(C)(C(=O)NC3CCNCC3(C)C)CC(c3ccccc3)(C1)C2.CCC. The van der Waals surface area contributed by atoms with Gasteiger partial charge in [-0.05, 0) is 73.3 Å². The van der Waals surface area contributed by atoms with Gasteiger partial charge in [-0.1, -0.05) is 78.3 Å². The number of amides is 1. The van der Waals surface area contributed by atoms with Gasteiger partial charge in [0.15, 0.2) is 0 Å². The van der Waals surface area contributed by atoms with E-state index in [0.717, 1.165) is 38.3 Å². The van der Waals surface area contributed by atoms with Crippen molar-refractivity contribution in [2.24, 2.45) is 22.7 Å². The summed E-state index contributed by atoms with van der Waals surface area (Å²) in [5.74, 6) is 1.71. The van der Waals surface area contributed by atoms with Gasteiger partial charge >= 0.3 is 0 Å². The van der Waals surface area contributed by atoms with Crippen LogP contribution in [0.1, 0.15) is 92.1 Å². The smallest absolute Gasteiger partial charge is 0.226 e. The van der Waals surface area contributed by atoms with Crippen LogP contribution in [0.15, 0.2) is 30.3 Å². The molecule has 0 aromatic heterocycles. The zero-order chi connectivity index (χ0) is 22.7. The van der Waals surface area contributed by atoms with Gasteiger partial charge in [0, 0.05) is 18.0 Å². The average molecular weight is 427 g/mol. The van der Waals surface area contributed by atoms with Crippen LogP contribution in [0.25, 0.3) is 0 Å². The summed E-state index contributed by atoms with van der Waals surface area (Å²) in [7, 11) is 0. The predicted molar refractivity (Wildman–Crippen MR) is 131 cm³/mol. The van der Waals surface area contributed by atoms with Crippen LogP contribution in [0.3, 0.4) is 0 Å². The lowest BCUT2D eigenvalue weighted by Crippen LogP contribution is -2.59. The number of carbonyl (C=O) groups is 1. The molecule has 174 valence electrons. The fraction of sp³-hybridized carbons (Fsp3) is 0.750. The molecule has 5 atom stereocenters. The summed E-state index contributed by atoms with van der Waals surface area (Å²) in [6, 6.07) is 11.3. The molecule has 2 saturated carbocycles. The summed E-state index contributed by atoms with van der Waals surface area (Å²) in [4.78, 5) is 13.6. The lowest BCUT2D eigenvalue weighted by atomic mass is 9.50. The number of nitrogens with one attached hydrogen (secondary N) is 2. The van der Waals surface area contributed by atoms with Crippen molar-refractivity contribution in [3.63, 3.8) is 0 Å². The van der Waals surface area contributed by atoms with Gasteiger partial charge in [0.05, 0.1) is 0 Å². The van der Waals surface area contributed by atoms with Crippen LogP contribution >= 0.6 is 0 Å². The first kappa shape index (κ1) is 24.3. The molecule has 4 rings (SSSR count). The first-order chi connectivity index (χ1) is 14.6. The van der Waals surface area contributed by atoms with Crippen molar-refractivity contribution >= 4 is 5.91 Å². The number of rotatable bonds is 3. The van der Waals surface area contributed by atoms with Crippen LogP contribution in [0.2, 0.25) is 0 Å². The summed E-state index contributed by atoms with van der Waals surface area (Å²) >= 11 is 0. The number of hydrogen-bond acceptors (Lipinski definition) is 2. The number of piperidine rings is 1. The van der Waals surface area contributed by atoms with Gasteiger partial charge in [-0.2, -0.15) is 0 Å². The lowest BCUT2D eigenvalue weighted by Gasteiger charge is -2.54. The highest BCUT2D eigenvalue weighted by Crippen LogP contribution is 2.58. The maximum Gasteiger partial charge on any atom is 0.226 e. The molecule has 3 fully saturated rings. The summed E-state index contributed by atoms with van der Waals surface area (Å²) in [5, 5.41) is 6.99. The maximum absolute atomic E-state index is 13.6. The Bertz CT molecular complexity index is 726. The summed E-state index contributed by atoms with van der Waals surface area (Å²) in [6.07, 6.45) is 8.05. The number of carbonyl (C=O) groups excluding carboxylic acids is 1. The van der Waals surface area contributed by atoms with Crippen molar-refractivity contribution in [3.05, 3.63) is 35.9 Å². The van der Waals surface area contributed by atoms with E-state index in [9.17, 15) is 4.79 Å². The highest BCUT2D eigenvalue weighted by molar-refractivity contribution is 5.83. The van der Waals surface area contributed by atoms with E-state index >= 15 is 0 Å². The molecule has 1 heterocycles. The van der Waals surface area contributed by atoms with Gasteiger partial charge in [-0.15, -0.1) is 0 Å². The molecule has 2 bridgehead atoms. The molecule has 3 nitrogen and oxygen atoms in total. The van der Waals surface area contributed by atoms with E-state index in [-0.39, 0.29) is 22.3 Å². The Morgan fingerprint density at radius 1 is 1.10 bits per heavy atom. The number of benzene rings is 1. The summed E-state index contributed by atoms with van der Waals surface area (Å²) < 4.78 is 0. The summed E-state index contributed by atoms with van der Waals surface area (Å²) in [5.41, 5.74) is 1.46. The zero-order valence-corrected chi connectivity index (χ0v) is 20.9. The van der Waals surface area contributed by atoms with E-state index in [1.54, 1.807) is 0 Å². The van der Waals surface area contributed by atoms with E-state index in [1.165, 1.54) is 31.2 Å². The predicted octanol–water partition coefficient (Wildman–Crippen LogP) is 6.08. The molecule has 0 radical (unpaired) electrons. The van der Waals surface area contributed by atoms with Crippen molar-refractivity contribution in [1.82, 2.24) is 10.6 Å². The van der Waals surface area contributed by atoms with Crippen molar-refractivity contribution in [2.75, 3.05) is 13.1 Å².